The van der Waals surface area contributed by atoms with Crippen molar-refractivity contribution in [3.63, 3.8) is 0 Å². The highest BCUT2D eigenvalue weighted by molar-refractivity contribution is 7.92. The van der Waals surface area contributed by atoms with Crippen LogP contribution in [-0.2, 0) is 29.4 Å². The van der Waals surface area contributed by atoms with E-state index in [1.165, 1.54) is 21.9 Å². The molecule has 0 bridgehead atoms. The number of para-hydroxylation sites is 1. The van der Waals surface area contributed by atoms with Crippen LogP contribution in [0.1, 0.15) is 52.0 Å². The van der Waals surface area contributed by atoms with Gasteiger partial charge in [0.15, 0.2) is 0 Å². The number of hydrogen-bond donors (Lipinski definition) is 1. The number of aryl methyl sites for hydroxylation is 2. The molecule has 0 saturated carbocycles. The third-order valence-electron chi connectivity index (χ3n) is 6.89. The summed E-state index contributed by atoms with van der Waals surface area (Å²) in [5, 5.41) is 3.09. The van der Waals surface area contributed by atoms with Crippen molar-refractivity contribution in [2.24, 2.45) is 0 Å². The topological polar surface area (TPSA) is 66.5 Å². The molecule has 1 N–H and O–H groups in total. The highest BCUT2D eigenvalue weighted by Gasteiger charge is 2.25. The standard InChI is InChI=1S/C31H30N2O3S/c1-23(27-20-19-25-9-8-10-28(25)21-27)32-31(34)26-17-15-24(16-18-26)22-33(29-11-4-2-5-12-29)37(35,36)30-13-6-3-7-14-30/h2-7,11-21,23H,8-10,22H2,1H3,(H,32,34)/t23-/m0/s1. The summed E-state index contributed by atoms with van der Waals surface area (Å²) in [4.78, 5) is 13.2. The molecule has 1 atom stereocenters. The monoisotopic (exact) mass is 510 g/mol. The molecule has 0 heterocycles. The van der Waals surface area contributed by atoms with E-state index < -0.39 is 10.0 Å². The summed E-state index contributed by atoms with van der Waals surface area (Å²) in [5.74, 6) is -0.156. The zero-order valence-electron chi connectivity index (χ0n) is 20.8. The molecule has 0 saturated heterocycles. The zero-order chi connectivity index (χ0) is 25.8. The van der Waals surface area contributed by atoms with Crippen molar-refractivity contribution >= 4 is 21.6 Å². The Labute approximate surface area is 218 Å². The summed E-state index contributed by atoms with van der Waals surface area (Å²) < 4.78 is 28.4. The van der Waals surface area contributed by atoms with Crippen molar-refractivity contribution in [1.29, 1.82) is 0 Å². The van der Waals surface area contributed by atoms with E-state index in [4.69, 9.17) is 0 Å². The minimum Gasteiger partial charge on any atom is -0.346 e. The minimum atomic E-state index is -3.78. The number of carbonyl (C=O) groups is 1. The average Bonchev–Trinajstić information content (AvgIpc) is 3.41. The number of nitrogens with zero attached hydrogens (tertiary/aromatic N) is 1. The molecule has 5 nitrogen and oxygen atoms in total. The Morgan fingerprint density at radius 1 is 0.838 bits per heavy atom. The number of fused-ring (bicyclic) bond motifs is 1. The highest BCUT2D eigenvalue weighted by Crippen LogP contribution is 2.27. The van der Waals surface area contributed by atoms with Crippen LogP contribution in [0.2, 0.25) is 0 Å². The van der Waals surface area contributed by atoms with Gasteiger partial charge in [0.2, 0.25) is 0 Å². The van der Waals surface area contributed by atoms with Gasteiger partial charge in [0.05, 0.1) is 23.2 Å². The predicted octanol–water partition coefficient (Wildman–Crippen LogP) is 6.06. The molecule has 5 rings (SSSR count). The maximum absolute atomic E-state index is 13.5. The molecule has 37 heavy (non-hydrogen) atoms. The molecule has 4 aromatic rings. The molecule has 4 aromatic carbocycles. The van der Waals surface area contributed by atoms with E-state index in [1.807, 2.05) is 37.3 Å². The second-order valence-electron chi connectivity index (χ2n) is 9.43. The molecule has 0 aromatic heterocycles. The summed E-state index contributed by atoms with van der Waals surface area (Å²) in [7, 11) is -3.78. The van der Waals surface area contributed by atoms with Crippen LogP contribution in [-0.4, -0.2) is 14.3 Å². The first-order chi connectivity index (χ1) is 17.9. The second-order valence-corrected chi connectivity index (χ2v) is 11.3. The van der Waals surface area contributed by atoms with E-state index in [-0.39, 0.29) is 23.4 Å². The second kappa shape index (κ2) is 10.6. The van der Waals surface area contributed by atoms with E-state index in [0.717, 1.165) is 24.0 Å². The Kier molecular flexibility index (Phi) is 7.10. The van der Waals surface area contributed by atoms with Crippen LogP contribution in [0.5, 0.6) is 0 Å². The number of hydrogen-bond acceptors (Lipinski definition) is 3. The number of anilines is 1. The van der Waals surface area contributed by atoms with Gasteiger partial charge in [0.25, 0.3) is 15.9 Å². The quantitative estimate of drug-likeness (QED) is 0.313. The summed E-state index contributed by atoms with van der Waals surface area (Å²) >= 11 is 0. The SMILES string of the molecule is C[C@H](NC(=O)c1ccc(CN(c2ccccc2)S(=O)(=O)c2ccccc2)cc1)c1ccc2c(c1)CCC2. The van der Waals surface area contributed by atoms with Gasteiger partial charge in [-0.1, -0.05) is 66.7 Å². The van der Waals surface area contributed by atoms with Crippen LogP contribution in [0.3, 0.4) is 0 Å². The zero-order valence-corrected chi connectivity index (χ0v) is 21.6. The van der Waals surface area contributed by atoms with Gasteiger partial charge in [0.1, 0.15) is 0 Å². The van der Waals surface area contributed by atoms with Crippen LogP contribution in [0, 0.1) is 0 Å². The number of amides is 1. The van der Waals surface area contributed by atoms with E-state index in [0.29, 0.717) is 11.3 Å². The minimum absolute atomic E-state index is 0.109. The third kappa shape index (κ3) is 5.44. The molecule has 0 fully saturated rings. The molecular weight excluding hydrogens is 480 g/mol. The van der Waals surface area contributed by atoms with E-state index >= 15 is 0 Å². The Bertz CT molecular complexity index is 1480. The molecule has 1 amide bonds. The largest absolute Gasteiger partial charge is 0.346 e. The number of sulfonamides is 1. The van der Waals surface area contributed by atoms with Gasteiger partial charge < -0.3 is 5.32 Å². The fourth-order valence-electron chi connectivity index (χ4n) is 4.78. The van der Waals surface area contributed by atoms with Gasteiger partial charge in [-0.3, -0.25) is 9.10 Å². The number of benzene rings is 4. The van der Waals surface area contributed by atoms with Gasteiger partial charge in [-0.15, -0.1) is 0 Å². The summed E-state index contributed by atoms with van der Waals surface area (Å²) in [6.07, 6.45) is 3.43. The maximum Gasteiger partial charge on any atom is 0.264 e. The predicted molar refractivity (Wildman–Crippen MR) is 147 cm³/mol. The Morgan fingerprint density at radius 3 is 2.19 bits per heavy atom. The van der Waals surface area contributed by atoms with Gasteiger partial charge >= 0.3 is 0 Å². The fourth-order valence-corrected chi connectivity index (χ4v) is 6.25. The first-order valence-electron chi connectivity index (χ1n) is 12.6. The van der Waals surface area contributed by atoms with E-state index in [1.54, 1.807) is 54.6 Å². The molecule has 6 heteroatoms. The van der Waals surface area contributed by atoms with Gasteiger partial charge in [0, 0.05) is 5.56 Å². The lowest BCUT2D eigenvalue weighted by Crippen LogP contribution is -2.30. The molecule has 0 radical (unpaired) electrons. The van der Waals surface area contributed by atoms with Gasteiger partial charge in [-0.25, -0.2) is 8.42 Å². The summed E-state index contributed by atoms with van der Waals surface area (Å²) in [6, 6.07) is 31.0. The third-order valence-corrected chi connectivity index (χ3v) is 8.68. The Balaban J connectivity index is 1.32. The average molecular weight is 511 g/mol. The fraction of sp³-hybridized carbons (Fsp3) is 0.194. The molecule has 0 aliphatic heterocycles. The molecule has 0 unspecified atom stereocenters. The molecular formula is C31H30N2O3S. The molecule has 0 spiro atoms. The maximum atomic E-state index is 13.5. The first-order valence-corrected chi connectivity index (χ1v) is 14.0. The van der Waals surface area contributed by atoms with E-state index in [2.05, 4.69) is 23.5 Å². The highest BCUT2D eigenvalue weighted by atomic mass is 32.2. The molecule has 1 aliphatic rings. The molecule has 1 aliphatic carbocycles. The number of rotatable bonds is 8. The summed E-state index contributed by atoms with van der Waals surface area (Å²) in [5.41, 5.74) is 5.81. The van der Waals surface area contributed by atoms with Crippen molar-refractivity contribution in [1.82, 2.24) is 5.32 Å². The van der Waals surface area contributed by atoms with Gasteiger partial charge in [-0.05, 0) is 84.8 Å². The lowest BCUT2D eigenvalue weighted by molar-refractivity contribution is 0.0940. The van der Waals surface area contributed by atoms with Crippen molar-refractivity contribution in [2.75, 3.05) is 4.31 Å². The van der Waals surface area contributed by atoms with E-state index in [9.17, 15) is 13.2 Å². The Morgan fingerprint density at radius 2 is 1.49 bits per heavy atom. The van der Waals surface area contributed by atoms with Crippen LogP contribution < -0.4 is 9.62 Å². The smallest absolute Gasteiger partial charge is 0.264 e. The first kappa shape index (κ1) is 24.8. The van der Waals surface area contributed by atoms with Crippen molar-refractivity contribution < 1.29 is 13.2 Å². The Hall–Kier alpha value is -3.90. The van der Waals surface area contributed by atoms with Crippen LogP contribution in [0.25, 0.3) is 0 Å². The van der Waals surface area contributed by atoms with Crippen LogP contribution >= 0.6 is 0 Å². The van der Waals surface area contributed by atoms with Crippen LogP contribution in [0.15, 0.2) is 108 Å². The lowest BCUT2D eigenvalue weighted by atomic mass is 10.0. The normalized spacial score (nSPS) is 13.5. The lowest BCUT2D eigenvalue weighted by Gasteiger charge is -2.25. The summed E-state index contributed by atoms with van der Waals surface area (Å²) in [6.45, 7) is 2.14. The number of carbonyl (C=O) groups excluding carboxylic acids is 1. The van der Waals surface area contributed by atoms with Crippen molar-refractivity contribution in [2.45, 2.75) is 43.7 Å². The molecule has 188 valence electrons. The van der Waals surface area contributed by atoms with Crippen LogP contribution in [0.4, 0.5) is 5.69 Å². The number of nitrogens with one attached hydrogen (secondary N) is 1. The van der Waals surface area contributed by atoms with Crippen molar-refractivity contribution in [3.8, 4) is 0 Å². The van der Waals surface area contributed by atoms with Gasteiger partial charge in [-0.2, -0.15) is 0 Å². The van der Waals surface area contributed by atoms with Crippen molar-refractivity contribution in [3.05, 3.63) is 131 Å².